The molecule has 2 aliphatic rings. The first-order valence-corrected chi connectivity index (χ1v) is 8.33. The van der Waals surface area contributed by atoms with Gasteiger partial charge in [-0.05, 0) is 45.4 Å². The zero-order valence-corrected chi connectivity index (χ0v) is 22.5. The van der Waals surface area contributed by atoms with Crippen LogP contribution in [-0.2, 0) is 19.5 Å². The monoisotopic (exact) mass is 514 g/mol. The number of aromatic nitrogens is 1. The molecule has 1 aliphatic heterocycles. The summed E-state index contributed by atoms with van der Waals surface area (Å²) in [5.74, 6) is 0.827. The van der Waals surface area contributed by atoms with Crippen LogP contribution in [0.25, 0.3) is 22.6 Å². The fourth-order valence-corrected chi connectivity index (χ4v) is 2.93. The largest absolute Gasteiger partial charge is 2.00 e. The van der Waals surface area contributed by atoms with Gasteiger partial charge in [-0.25, -0.2) is 9.56 Å². The summed E-state index contributed by atoms with van der Waals surface area (Å²) in [5, 5.41) is 4.54. The third kappa shape index (κ3) is 6.74. The van der Waals surface area contributed by atoms with E-state index >= 15 is 0 Å². The van der Waals surface area contributed by atoms with Crippen molar-refractivity contribution in [3.63, 3.8) is 0 Å². The first kappa shape index (κ1) is 32.1. The van der Waals surface area contributed by atoms with Gasteiger partial charge in [0.05, 0.1) is 6.07 Å². The molecule has 1 aromatic carbocycles. The average Bonchev–Trinajstić information content (AvgIpc) is 2.55. The number of rotatable bonds is 4. The SMILES string of the molecule is CCNc1cc2oc3cc(=[N+](CC)CC)ccc-3nc2cc1C.[Cl-].[Cl-].[Cl-].[Cl-].[Zn+2]. The Labute approximate surface area is 204 Å². The second-order valence-electron chi connectivity index (χ2n) is 5.70. The molecule has 0 spiro atoms. The van der Waals surface area contributed by atoms with E-state index in [2.05, 4.69) is 55.8 Å². The molecule has 1 N–H and O–H groups in total. The summed E-state index contributed by atoms with van der Waals surface area (Å²) in [5.41, 5.74) is 4.89. The maximum Gasteiger partial charge on any atom is 2.00 e. The van der Waals surface area contributed by atoms with Crippen molar-refractivity contribution in [1.82, 2.24) is 9.56 Å². The molecule has 152 valence electrons. The van der Waals surface area contributed by atoms with E-state index in [1.165, 1.54) is 10.9 Å². The van der Waals surface area contributed by atoms with Gasteiger partial charge in [-0.3, -0.25) is 0 Å². The van der Waals surface area contributed by atoms with Crippen LogP contribution in [0.2, 0.25) is 0 Å². The number of hydrogen-bond acceptors (Lipinski definition) is 3. The molecular weight excluding hydrogens is 493 g/mol. The predicted molar refractivity (Wildman–Crippen MR) is 95.9 cm³/mol. The quantitative estimate of drug-likeness (QED) is 0.213. The smallest absolute Gasteiger partial charge is 1.00 e. The zero-order valence-electron chi connectivity index (χ0n) is 16.5. The van der Waals surface area contributed by atoms with E-state index in [1.807, 2.05) is 12.1 Å². The van der Waals surface area contributed by atoms with E-state index in [0.29, 0.717) is 0 Å². The van der Waals surface area contributed by atoms with Crippen LogP contribution in [0.5, 0.6) is 0 Å². The Morgan fingerprint density at radius 1 is 0.964 bits per heavy atom. The molecule has 1 aliphatic carbocycles. The van der Waals surface area contributed by atoms with Crippen molar-refractivity contribution in [2.45, 2.75) is 27.7 Å². The standard InChI is InChI=1S/C19H23N3O.4ClH.Zn/c1-5-20-16-12-19-17(10-13(16)4)21-15-9-8-14(11-18(15)23-19)22(6-2)7-3;;;;;/h8-12H,5-7H2,1-4H3;4*1H;/q;;;;;+2/p-3. The minimum absolute atomic E-state index is 0. The minimum Gasteiger partial charge on any atom is -1.00 e. The van der Waals surface area contributed by atoms with Gasteiger partial charge in [0.2, 0.25) is 5.36 Å². The van der Waals surface area contributed by atoms with Crippen LogP contribution in [0, 0.1) is 6.92 Å². The topological polar surface area (TPSA) is 41.1 Å². The second-order valence-corrected chi connectivity index (χ2v) is 5.70. The molecule has 0 amide bonds. The molecule has 0 atom stereocenters. The molecular formula is C19H24Cl4N3OZn-. The van der Waals surface area contributed by atoms with Gasteiger partial charge in [-0.1, -0.05) is 0 Å². The third-order valence-corrected chi connectivity index (χ3v) is 4.21. The zero-order chi connectivity index (χ0) is 16.4. The minimum atomic E-state index is 0. The van der Waals surface area contributed by atoms with Gasteiger partial charge in [0.15, 0.2) is 11.3 Å². The Morgan fingerprint density at radius 2 is 1.61 bits per heavy atom. The Balaban J connectivity index is -0.00000125. The van der Waals surface area contributed by atoms with Gasteiger partial charge in [0, 0.05) is 24.4 Å². The third-order valence-electron chi connectivity index (χ3n) is 4.21. The number of fused-ring (bicyclic) bond motifs is 2. The number of nitrogens with zero attached hydrogens (tertiary/aromatic N) is 2. The number of benzene rings is 2. The van der Waals surface area contributed by atoms with Gasteiger partial charge in [0.25, 0.3) is 0 Å². The van der Waals surface area contributed by atoms with Crippen molar-refractivity contribution in [3.05, 3.63) is 41.3 Å². The molecule has 0 aromatic heterocycles. The van der Waals surface area contributed by atoms with Crippen molar-refractivity contribution in [2.24, 2.45) is 0 Å². The van der Waals surface area contributed by atoms with Gasteiger partial charge in [-0.15, -0.1) is 0 Å². The second kappa shape index (κ2) is 14.4. The molecule has 0 saturated heterocycles. The first-order valence-electron chi connectivity index (χ1n) is 8.33. The fraction of sp³-hybridized carbons (Fsp3) is 0.368. The van der Waals surface area contributed by atoms with Gasteiger partial charge in [-0.2, -0.15) is 0 Å². The average molecular weight is 518 g/mol. The molecule has 0 radical (unpaired) electrons. The molecule has 0 unspecified atom stereocenters. The normalized spacial score (nSPS) is 9.14. The summed E-state index contributed by atoms with van der Waals surface area (Å²) >= 11 is 0. The van der Waals surface area contributed by atoms with E-state index in [4.69, 9.17) is 9.40 Å². The van der Waals surface area contributed by atoms with E-state index < -0.39 is 0 Å². The number of nitrogens with one attached hydrogen (secondary N) is 1. The van der Waals surface area contributed by atoms with Gasteiger partial charge in [0.1, 0.15) is 24.3 Å². The molecule has 0 fully saturated rings. The first-order chi connectivity index (χ1) is 11.2. The maximum absolute atomic E-state index is 6.14. The summed E-state index contributed by atoms with van der Waals surface area (Å²) in [7, 11) is 0. The van der Waals surface area contributed by atoms with Crippen LogP contribution >= 0.6 is 0 Å². The Hall–Kier alpha value is -0.577. The molecule has 1 heterocycles. The van der Waals surface area contributed by atoms with Gasteiger partial charge < -0.3 is 59.4 Å². The summed E-state index contributed by atoms with van der Waals surface area (Å²) in [6, 6.07) is 10.4. The van der Waals surface area contributed by atoms with Crippen LogP contribution in [-0.4, -0.2) is 24.6 Å². The van der Waals surface area contributed by atoms with Gasteiger partial charge >= 0.3 is 19.5 Å². The molecule has 28 heavy (non-hydrogen) atoms. The van der Waals surface area contributed by atoms with Crippen LogP contribution in [0.15, 0.2) is 34.7 Å². The van der Waals surface area contributed by atoms with Crippen molar-refractivity contribution in [2.75, 3.05) is 25.0 Å². The van der Waals surface area contributed by atoms with Crippen LogP contribution in [0.3, 0.4) is 0 Å². The van der Waals surface area contributed by atoms with E-state index in [-0.39, 0.29) is 69.1 Å². The van der Waals surface area contributed by atoms with E-state index in [1.54, 1.807) is 0 Å². The molecule has 4 nitrogen and oxygen atoms in total. The number of halogens is 4. The van der Waals surface area contributed by atoms with Crippen molar-refractivity contribution >= 4 is 16.8 Å². The Kier molecular flexibility index (Phi) is 16.5. The summed E-state index contributed by atoms with van der Waals surface area (Å²) in [4.78, 5) is 4.75. The molecule has 1 aromatic rings. The van der Waals surface area contributed by atoms with Crippen LogP contribution in [0.1, 0.15) is 26.3 Å². The molecule has 0 bridgehead atoms. The van der Waals surface area contributed by atoms with Crippen LogP contribution in [0.4, 0.5) is 5.69 Å². The van der Waals surface area contributed by atoms with Crippen molar-refractivity contribution < 1.29 is 73.5 Å². The van der Waals surface area contributed by atoms with Crippen molar-refractivity contribution in [3.8, 4) is 11.5 Å². The number of anilines is 1. The summed E-state index contributed by atoms with van der Waals surface area (Å²) in [6.45, 7) is 11.4. The summed E-state index contributed by atoms with van der Waals surface area (Å²) in [6.07, 6.45) is 0. The number of aryl methyl sites for hydroxylation is 1. The Bertz CT molecular complexity index is 896. The van der Waals surface area contributed by atoms with E-state index in [0.717, 1.165) is 47.9 Å². The Morgan fingerprint density at radius 3 is 2.18 bits per heavy atom. The maximum atomic E-state index is 6.14. The summed E-state index contributed by atoms with van der Waals surface area (Å²) < 4.78 is 8.44. The number of hydrogen-bond donors (Lipinski definition) is 1. The fourth-order valence-electron chi connectivity index (χ4n) is 2.93. The predicted octanol–water partition coefficient (Wildman–Crippen LogP) is -8.50. The van der Waals surface area contributed by atoms with E-state index in [9.17, 15) is 0 Å². The van der Waals surface area contributed by atoms with Crippen molar-refractivity contribution in [1.29, 1.82) is 0 Å². The van der Waals surface area contributed by atoms with Crippen LogP contribution < -0.4 is 64.9 Å². The molecule has 9 heteroatoms. The molecule has 0 saturated carbocycles. The molecule has 3 rings (SSSR count).